The van der Waals surface area contributed by atoms with Crippen molar-refractivity contribution in [2.45, 2.75) is 22.3 Å². The van der Waals surface area contributed by atoms with Gasteiger partial charge in [0, 0.05) is 0 Å². The molecular formula is C12H14Cl2Ti. The molecule has 0 aromatic carbocycles. The van der Waals surface area contributed by atoms with Crippen LogP contribution in [0.15, 0.2) is 44.2 Å². The number of halogens is 2. The minimum atomic E-state index is -1.51. The maximum Gasteiger partial charge on any atom is -1.00 e. The van der Waals surface area contributed by atoms with Crippen LogP contribution in [0.5, 0.6) is 0 Å². The van der Waals surface area contributed by atoms with E-state index in [2.05, 4.69) is 36.5 Å². The molecule has 1 fully saturated rings. The molecule has 0 N–H and O–H groups in total. The Bertz CT molecular complexity index is 328. The Morgan fingerprint density at radius 3 is 1.53 bits per heavy atom. The molecular weight excluding hydrogens is 263 g/mol. The van der Waals surface area contributed by atoms with E-state index in [1.807, 2.05) is 7.76 Å². The molecule has 0 unspecified atom stereocenters. The Kier molecular flexibility index (Phi) is 4.49. The minimum Gasteiger partial charge on any atom is -1.00 e. The average molecular weight is 277 g/mol. The third-order valence-electron chi connectivity index (χ3n) is 3.52. The summed E-state index contributed by atoms with van der Waals surface area (Å²) < 4.78 is 6.83. The zero-order valence-electron chi connectivity index (χ0n) is 8.55. The first-order valence-corrected chi connectivity index (χ1v) is 8.91. The largest absolute Gasteiger partial charge is 1.00 e. The van der Waals surface area contributed by atoms with Crippen LogP contribution in [-0.4, -0.2) is 0 Å². The van der Waals surface area contributed by atoms with Crippen molar-refractivity contribution in [1.29, 1.82) is 0 Å². The van der Waals surface area contributed by atoms with Crippen LogP contribution in [0, 0.1) is 0 Å². The van der Waals surface area contributed by atoms with Gasteiger partial charge >= 0.3 is 83.1 Å². The molecule has 1 aliphatic heterocycles. The van der Waals surface area contributed by atoms with Crippen LogP contribution in [-0.2, 0) is 16.6 Å². The van der Waals surface area contributed by atoms with Crippen LogP contribution in [0.4, 0.5) is 0 Å². The van der Waals surface area contributed by atoms with Crippen LogP contribution in [0.3, 0.4) is 0 Å². The summed E-state index contributed by atoms with van der Waals surface area (Å²) in [5.74, 6) is 0. The van der Waals surface area contributed by atoms with Crippen molar-refractivity contribution in [2.75, 3.05) is 0 Å². The van der Waals surface area contributed by atoms with Gasteiger partial charge in [0.25, 0.3) is 0 Å². The van der Waals surface area contributed by atoms with E-state index in [-0.39, 0.29) is 24.8 Å². The number of hydrogen-bond acceptors (Lipinski definition) is 0. The van der Waals surface area contributed by atoms with Crippen molar-refractivity contribution in [3.8, 4) is 0 Å². The van der Waals surface area contributed by atoms with Crippen LogP contribution in [0.2, 0.25) is 9.45 Å². The second-order valence-electron chi connectivity index (χ2n) is 4.23. The molecule has 0 bridgehead atoms. The number of rotatable bonds is 2. The molecule has 3 rings (SSSR count). The summed E-state index contributed by atoms with van der Waals surface area (Å²) in [5.41, 5.74) is 0. The van der Waals surface area contributed by atoms with Crippen molar-refractivity contribution in [2.24, 2.45) is 0 Å². The Morgan fingerprint density at radius 1 is 0.800 bits per heavy atom. The molecule has 3 aliphatic rings. The van der Waals surface area contributed by atoms with E-state index in [0.29, 0.717) is 0 Å². The molecule has 0 radical (unpaired) electrons. The molecule has 1 heterocycles. The van der Waals surface area contributed by atoms with Crippen LogP contribution >= 0.6 is 0 Å². The third-order valence-corrected chi connectivity index (χ3v) is 10.9. The molecule has 0 amide bonds. The first kappa shape index (κ1) is 13.3. The average Bonchev–Trinajstić information content (AvgIpc) is 2.68. The van der Waals surface area contributed by atoms with Gasteiger partial charge in [0.05, 0.1) is 0 Å². The molecule has 0 nitrogen and oxygen atoms in total. The van der Waals surface area contributed by atoms with Crippen molar-refractivity contribution < 1.29 is 41.4 Å². The van der Waals surface area contributed by atoms with Crippen molar-refractivity contribution in [3.63, 3.8) is 0 Å². The summed E-state index contributed by atoms with van der Waals surface area (Å²) in [7, 11) is 0. The standard InChI is InChI=1S/2C5H5.C2H4.2ClH.Ti/c2*1-2-4-5-3-1;1-2;;;/h2*1-3H,4H2;1-2H2;2*1H;/q;;;;;+2/p-2. The minimum absolute atomic E-state index is 0. The van der Waals surface area contributed by atoms with E-state index < -0.39 is 16.6 Å². The van der Waals surface area contributed by atoms with Gasteiger partial charge in [-0.3, -0.25) is 0 Å². The quantitative estimate of drug-likeness (QED) is 0.497. The maximum atomic E-state index is 2.41. The SMILES string of the molecule is C1=CC[C]([Ti+2]2([C]3=CC=CC3)[CH2][CH2]2)=C1.[Cl-].[Cl-]. The maximum absolute atomic E-state index is 2.41. The molecule has 80 valence electrons. The summed E-state index contributed by atoms with van der Waals surface area (Å²) in [5, 5.41) is 0. The van der Waals surface area contributed by atoms with E-state index in [1.54, 1.807) is 9.45 Å². The predicted octanol–water partition coefficient (Wildman–Crippen LogP) is -2.31. The van der Waals surface area contributed by atoms with Gasteiger partial charge in [0.15, 0.2) is 0 Å². The predicted molar refractivity (Wildman–Crippen MR) is 53.3 cm³/mol. The Labute approximate surface area is 107 Å². The van der Waals surface area contributed by atoms with E-state index in [0.717, 1.165) is 0 Å². The number of allylic oxidation sites excluding steroid dienone is 8. The second kappa shape index (κ2) is 5.06. The van der Waals surface area contributed by atoms with Gasteiger partial charge in [-0.25, -0.2) is 0 Å². The fourth-order valence-corrected chi connectivity index (χ4v) is 10.1. The van der Waals surface area contributed by atoms with Gasteiger partial charge in [0.2, 0.25) is 0 Å². The summed E-state index contributed by atoms with van der Waals surface area (Å²) >= 11 is -1.51. The molecule has 0 atom stereocenters. The van der Waals surface area contributed by atoms with Crippen LogP contribution < -0.4 is 24.8 Å². The normalized spacial score (nSPS) is 21.9. The monoisotopic (exact) mass is 276 g/mol. The van der Waals surface area contributed by atoms with Crippen LogP contribution in [0.1, 0.15) is 12.8 Å². The summed E-state index contributed by atoms with van der Waals surface area (Å²) in [6, 6.07) is 0. The molecule has 0 aromatic rings. The molecule has 0 saturated carbocycles. The van der Waals surface area contributed by atoms with Gasteiger partial charge in [-0.2, -0.15) is 0 Å². The summed E-state index contributed by atoms with van der Waals surface area (Å²) in [6.45, 7) is 0. The fourth-order valence-electron chi connectivity index (χ4n) is 2.58. The third kappa shape index (κ3) is 2.19. The van der Waals surface area contributed by atoms with Crippen molar-refractivity contribution >= 4 is 0 Å². The van der Waals surface area contributed by atoms with Crippen LogP contribution in [0.25, 0.3) is 0 Å². The topological polar surface area (TPSA) is 0 Å². The first-order chi connectivity index (χ1) is 6.42. The Balaban J connectivity index is 0.000000562. The van der Waals surface area contributed by atoms with Gasteiger partial charge in [-0.1, -0.05) is 0 Å². The fraction of sp³-hybridized carbons (Fsp3) is 0.333. The molecule has 0 aromatic heterocycles. The van der Waals surface area contributed by atoms with Crippen molar-refractivity contribution in [1.82, 2.24) is 0 Å². The van der Waals surface area contributed by atoms with E-state index in [4.69, 9.17) is 0 Å². The second-order valence-corrected chi connectivity index (χ2v) is 11.2. The van der Waals surface area contributed by atoms with Gasteiger partial charge in [0.1, 0.15) is 0 Å². The van der Waals surface area contributed by atoms with E-state index in [1.165, 1.54) is 12.8 Å². The van der Waals surface area contributed by atoms with Gasteiger partial charge in [-0.05, 0) is 0 Å². The Morgan fingerprint density at radius 2 is 1.27 bits per heavy atom. The van der Waals surface area contributed by atoms with E-state index in [9.17, 15) is 0 Å². The van der Waals surface area contributed by atoms with E-state index >= 15 is 0 Å². The zero-order chi connectivity index (χ0) is 8.73. The number of hydrogen-bond donors (Lipinski definition) is 0. The smallest absolute Gasteiger partial charge is 1.00 e. The Hall–Kier alpha value is 0.254. The van der Waals surface area contributed by atoms with Gasteiger partial charge < -0.3 is 24.8 Å². The first-order valence-electron chi connectivity index (χ1n) is 5.14. The molecule has 1 saturated heterocycles. The molecule has 2 aliphatic carbocycles. The molecule has 15 heavy (non-hydrogen) atoms. The summed E-state index contributed by atoms with van der Waals surface area (Å²) in [4.78, 5) is 0. The zero-order valence-corrected chi connectivity index (χ0v) is 11.6. The molecule has 0 spiro atoms. The van der Waals surface area contributed by atoms with Crippen molar-refractivity contribution in [3.05, 3.63) is 44.2 Å². The molecule has 3 heteroatoms. The van der Waals surface area contributed by atoms with Gasteiger partial charge in [-0.15, -0.1) is 0 Å². The summed E-state index contributed by atoms with van der Waals surface area (Å²) in [6.07, 6.45) is 16.5.